The Kier molecular flexibility index (Phi) is 12.5. The molecule has 0 aliphatic heterocycles. The molecule has 39 heavy (non-hydrogen) atoms. The van der Waals surface area contributed by atoms with Gasteiger partial charge in [-0.3, -0.25) is 0 Å². The Bertz CT molecular complexity index is 1170. The summed E-state index contributed by atoms with van der Waals surface area (Å²) in [5.74, 6) is -0.343. The molecule has 0 saturated carbocycles. The summed E-state index contributed by atoms with van der Waals surface area (Å²) in [4.78, 5) is 24.5. The van der Waals surface area contributed by atoms with Crippen molar-refractivity contribution in [3.63, 3.8) is 0 Å². The zero-order valence-corrected chi connectivity index (χ0v) is 22.9. The molecule has 0 aliphatic rings. The van der Waals surface area contributed by atoms with Gasteiger partial charge in [0.15, 0.2) is 0 Å². The van der Waals surface area contributed by atoms with Crippen LogP contribution in [0.5, 0.6) is 11.5 Å². The van der Waals surface area contributed by atoms with Crippen LogP contribution in [0, 0.1) is 0 Å². The third kappa shape index (κ3) is 9.88. The van der Waals surface area contributed by atoms with Crippen LogP contribution in [-0.2, 0) is 6.42 Å². The summed E-state index contributed by atoms with van der Waals surface area (Å²) in [7, 11) is 0. The zero-order valence-electron chi connectivity index (χ0n) is 22.9. The van der Waals surface area contributed by atoms with Gasteiger partial charge in [0.2, 0.25) is 0 Å². The summed E-state index contributed by atoms with van der Waals surface area (Å²) in [6.07, 6.45) is 10.5. The van der Waals surface area contributed by atoms with Crippen molar-refractivity contribution in [1.29, 1.82) is 0 Å². The van der Waals surface area contributed by atoms with E-state index in [4.69, 9.17) is 14.6 Å². The average Bonchev–Trinajstić information content (AvgIpc) is 2.95. The van der Waals surface area contributed by atoms with Gasteiger partial charge in [-0.25, -0.2) is 9.59 Å². The topological polar surface area (TPSA) is 93.1 Å². The molecule has 0 bridgehead atoms. The highest BCUT2D eigenvalue weighted by Crippen LogP contribution is 2.28. The van der Waals surface area contributed by atoms with E-state index < -0.39 is 11.9 Å². The van der Waals surface area contributed by atoms with E-state index in [2.05, 4.69) is 6.92 Å². The predicted molar refractivity (Wildman–Crippen MR) is 154 cm³/mol. The van der Waals surface area contributed by atoms with Gasteiger partial charge in [-0.1, -0.05) is 69.7 Å². The number of carboxylic acids is 1. The lowest BCUT2D eigenvalue weighted by Crippen LogP contribution is -2.08. The summed E-state index contributed by atoms with van der Waals surface area (Å²) in [5, 5.41) is 18.5. The number of hydrogen-bond donors (Lipinski definition) is 2. The van der Waals surface area contributed by atoms with Crippen LogP contribution in [0.3, 0.4) is 0 Å². The quantitative estimate of drug-likeness (QED) is 0.105. The van der Waals surface area contributed by atoms with Crippen LogP contribution in [0.2, 0.25) is 0 Å². The Morgan fingerprint density at radius 1 is 0.744 bits per heavy atom. The summed E-state index contributed by atoms with van der Waals surface area (Å²) in [6.45, 7) is 3.05. The maximum Gasteiger partial charge on any atom is 0.343 e. The summed E-state index contributed by atoms with van der Waals surface area (Å²) < 4.78 is 11.3. The number of rotatable bonds is 17. The maximum atomic E-state index is 12.6. The van der Waals surface area contributed by atoms with E-state index in [1.165, 1.54) is 0 Å². The van der Waals surface area contributed by atoms with Crippen molar-refractivity contribution in [2.45, 2.75) is 71.1 Å². The minimum Gasteiger partial charge on any atom is -0.494 e. The fourth-order valence-electron chi connectivity index (χ4n) is 4.42. The highest BCUT2D eigenvalue weighted by atomic mass is 16.5. The van der Waals surface area contributed by atoms with Crippen LogP contribution in [0.4, 0.5) is 0 Å². The molecule has 3 aromatic rings. The lowest BCUT2D eigenvalue weighted by atomic mass is 9.95. The van der Waals surface area contributed by atoms with E-state index in [1.54, 1.807) is 54.6 Å². The molecule has 0 amide bonds. The standard InChI is InChI=1S/C33H40O6/c1-2-3-8-11-25-12-21-30(32(35)36)31(24-25)26-13-19-29(20-14-26)39-33(37)27-15-17-28(18-16-27)38-23-10-7-5-4-6-9-22-34/h12-21,24,34H,2-11,22-23H2,1H3,(H,35,36). The number of aliphatic hydroxyl groups excluding tert-OH is 1. The zero-order chi connectivity index (χ0) is 27.9. The largest absolute Gasteiger partial charge is 0.494 e. The molecule has 3 rings (SSSR count). The van der Waals surface area contributed by atoms with E-state index in [9.17, 15) is 14.7 Å². The van der Waals surface area contributed by atoms with E-state index >= 15 is 0 Å². The van der Waals surface area contributed by atoms with Crippen molar-refractivity contribution in [2.24, 2.45) is 0 Å². The number of esters is 1. The second-order valence-corrected chi connectivity index (χ2v) is 9.77. The number of aromatic carboxylic acids is 1. The lowest BCUT2D eigenvalue weighted by molar-refractivity contribution is 0.0695. The monoisotopic (exact) mass is 532 g/mol. The second kappa shape index (κ2) is 16.4. The Balaban J connectivity index is 1.54. The number of carboxylic acid groups (broad SMARTS) is 1. The third-order valence-electron chi connectivity index (χ3n) is 6.67. The molecule has 2 N–H and O–H groups in total. The smallest absolute Gasteiger partial charge is 0.343 e. The van der Waals surface area contributed by atoms with E-state index in [0.29, 0.717) is 29.2 Å². The van der Waals surface area contributed by atoms with Gasteiger partial charge in [-0.2, -0.15) is 0 Å². The first-order chi connectivity index (χ1) is 19.0. The van der Waals surface area contributed by atoms with E-state index in [1.807, 2.05) is 12.1 Å². The van der Waals surface area contributed by atoms with Gasteiger partial charge in [0, 0.05) is 6.61 Å². The molecule has 3 aromatic carbocycles. The van der Waals surface area contributed by atoms with Crippen LogP contribution in [0.1, 0.15) is 91.0 Å². The number of ether oxygens (including phenoxy) is 2. The van der Waals surface area contributed by atoms with Crippen molar-refractivity contribution in [3.05, 3.63) is 83.4 Å². The molecule has 0 aromatic heterocycles. The van der Waals surface area contributed by atoms with Crippen LogP contribution < -0.4 is 9.47 Å². The van der Waals surface area contributed by atoms with Gasteiger partial charge in [0.05, 0.1) is 17.7 Å². The van der Waals surface area contributed by atoms with E-state index in [-0.39, 0.29) is 12.2 Å². The van der Waals surface area contributed by atoms with Crippen LogP contribution in [0.15, 0.2) is 66.7 Å². The number of aryl methyl sites for hydroxylation is 1. The molecule has 0 aliphatic carbocycles. The van der Waals surface area contributed by atoms with Crippen LogP contribution in [0.25, 0.3) is 11.1 Å². The number of carbonyl (C=O) groups excluding carboxylic acids is 1. The van der Waals surface area contributed by atoms with Crippen molar-refractivity contribution < 1.29 is 29.3 Å². The van der Waals surface area contributed by atoms with E-state index in [0.717, 1.165) is 75.3 Å². The third-order valence-corrected chi connectivity index (χ3v) is 6.67. The summed E-state index contributed by atoms with van der Waals surface area (Å²) in [6, 6.07) is 19.3. The van der Waals surface area contributed by atoms with Gasteiger partial charge >= 0.3 is 11.9 Å². The summed E-state index contributed by atoms with van der Waals surface area (Å²) in [5.41, 5.74) is 3.20. The van der Waals surface area contributed by atoms with Crippen molar-refractivity contribution in [2.75, 3.05) is 13.2 Å². The number of hydrogen-bond acceptors (Lipinski definition) is 5. The maximum absolute atomic E-state index is 12.6. The molecule has 6 nitrogen and oxygen atoms in total. The van der Waals surface area contributed by atoms with Crippen molar-refractivity contribution in [3.8, 4) is 22.6 Å². The first kappa shape index (κ1) is 29.9. The number of unbranched alkanes of at least 4 members (excludes halogenated alkanes) is 7. The Hall–Kier alpha value is -3.64. The van der Waals surface area contributed by atoms with Crippen molar-refractivity contribution in [1.82, 2.24) is 0 Å². The van der Waals surface area contributed by atoms with Gasteiger partial charge in [-0.15, -0.1) is 0 Å². The molecule has 208 valence electrons. The second-order valence-electron chi connectivity index (χ2n) is 9.77. The van der Waals surface area contributed by atoms with Crippen molar-refractivity contribution >= 4 is 11.9 Å². The van der Waals surface area contributed by atoms with Crippen LogP contribution in [-0.4, -0.2) is 35.4 Å². The molecule has 0 fully saturated rings. The molecular formula is C33H40O6. The lowest BCUT2D eigenvalue weighted by Gasteiger charge is -2.11. The molecule has 0 spiro atoms. The SMILES string of the molecule is CCCCCc1ccc(C(=O)O)c(-c2ccc(OC(=O)c3ccc(OCCCCCCCCO)cc3)cc2)c1. The van der Waals surface area contributed by atoms with Gasteiger partial charge in [-0.05, 0) is 84.8 Å². The Morgan fingerprint density at radius 2 is 1.41 bits per heavy atom. The molecule has 0 saturated heterocycles. The van der Waals surface area contributed by atoms with Gasteiger partial charge in [0.25, 0.3) is 0 Å². The fraction of sp³-hybridized carbons (Fsp3) is 0.394. The molecule has 0 atom stereocenters. The average molecular weight is 533 g/mol. The van der Waals surface area contributed by atoms with Crippen LogP contribution >= 0.6 is 0 Å². The Labute approximate surface area is 231 Å². The fourth-order valence-corrected chi connectivity index (χ4v) is 4.42. The predicted octanol–water partition coefficient (Wildman–Crippen LogP) is 7.72. The normalized spacial score (nSPS) is 10.8. The number of carbonyl (C=O) groups is 2. The minimum absolute atomic E-state index is 0.249. The molecule has 0 unspecified atom stereocenters. The first-order valence-electron chi connectivity index (χ1n) is 14.0. The Morgan fingerprint density at radius 3 is 2.08 bits per heavy atom. The minimum atomic E-state index is -0.970. The van der Waals surface area contributed by atoms with Gasteiger partial charge < -0.3 is 19.7 Å². The number of benzene rings is 3. The highest BCUT2D eigenvalue weighted by molar-refractivity contribution is 5.96. The molecule has 0 radical (unpaired) electrons. The molecule has 6 heteroatoms. The first-order valence-corrected chi connectivity index (χ1v) is 14.0. The highest BCUT2D eigenvalue weighted by Gasteiger charge is 2.14. The molecule has 0 heterocycles. The molecular weight excluding hydrogens is 492 g/mol. The number of aliphatic hydroxyl groups is 1. The van der Waals surface area contributed by atoms with Gasteiger partial charge in [0.1, 0.15) is 11.5 Å². The summed E-state index contributed by atoms with van der Waals surface area (Å²) >= 11 is 0.